The number of hydrogen-bond donors (Lipinski definition) is 3. The molecule has 0 spiro atoms. The third-order valence-electron chi connectivity index (χ3n) is 6.13. The number of hydrogen-bond acceptors (Lipinski definition) is 9. The maximum Gasteiger partial charge on any atom is 0.323 e. The molecule has 0 saturated heterocycles. The van der Waals surface area contributed by atoms with E-state index in [1.165, 1.54) is 4.90 Å². The van der Waals surface area contributed by atoms with Gasteiger partial charge in [-0.15, -0.1) is 6.58 Å². The number of nitrogens with zero attached hydrogens (tertiary/aromatic N) is 7. The first-order chi connectivity index (χ1) is 21.1. The summed E-state index contributed by atoms with van der Waals surface area (Å²) in [4.78, 5) is 50.2. The van der Waals surface area contributed by atoms with Crippen LogP contribution in [-0.2, 0) is 0 Å². The molecule has 12 nitrogen and oxygen atoms in total. The number of urea groups is 1. The normalized spacial score (nSPS) is 10.1. The smallest absolute Gasteiger partial charge is 0.323 e. The minimum Gasteiger partial charge on any atom is -0.382 e. The molecule has 0 bridgehead atoms. The molecular formula is C33H42N10O2. The summed E-state index contributed by atoms with van der Waals surface area (Å²) >= 11 is 0. The summed E-state index contributed by atoms with van der Waals surface area (Å²) in [6.45, 7) is 5.25. The molecule has 2 aromatic carbocycles. The van der Waals surface area contributed by atoms with Crippen molar-refractivity contribution in [1.82, 2.24) is 29.8 Å². The van der Waals surface area contributed by atoms with Crippen LogP contribution in [-0.4, -0.2) is 69.9 Å². The zero-order chi connectivity index (χ0) is 31.8. The average molecular weight is 611 g/mol. The quantitative estimate of drug-likeness (QED) is 0.184. The number of aromatic nitrogens is 5. The van der Waals surface area contributed by atoms with E-state index in [2.05, 4.69) is 42.1 Å². The SMILES string of the molecule is C.C=CC.CN(C)C(=O)c1ccc(NC(=O)Nc2ccc(-c3nc(N)c4ncc(-c5cnc(N(C)C)nc5)cc4n3)cc2)cc1.[HH].[HH]. The largest absolute Gasteiger partial charge is 0.382 e. The number of nitrogen functional groups attached to an aromatic ring is 1. The van der Waals surface area contributed by atoms with Crippen LogP contribution in [0.3, 0.4) is 0 Å². The van der Waals surface area contributed by atoms with Gasteiger partial charge in [-0.25, -0.2) is 24.7 Å². The number of carbonyl (C=O) groups is 2. The van der Waals surface area contributed by atoms with Gasteiger partial charge in [0.2, 0.25) is 5.95 Å². The second-order valence-corrected chi connectivity index (χ2v) is 10.0. The van der Waals surface area contributed by atoms with Crippen molar-refractivity contribution in [1.29, 1.82) is 0 Å². The molecule has 0 saturated carbocycles. The van der Waals surface area contributed by atoms with E-state index >= 15 is 0 Å². The van der Waals surface area contributed by atoms with Gasteiger partial charge in [-0.05, 0) is 61.5 Å². The minimum atomic E-state index is -0.420. The van der Waals surface area contributed by atoms with Gasteiger partial charge in [0.1, 0.15) is 5.52 Å². The molecule has 0 atom stereocenters. The molecule has 3 aromatic heterocycles. The second-order valence-electron chi connectivity index (χ2n) is 10.0. The van der Waals surface area contributed by atoms with Gasteiger partial charge in [0.15, 0.2) is 11.6 Å². The molecule has 45 heavy (non-hydrogen) atoms. The van der Waals surface area contributed by atoms with Crippen LogP contribution >= 0.6 is 0 Å². The van der Waals surface area contributed by atoms with E-state index in [0.29, 0.717) is 39.7 Å². The van der Waals surface area contributed by atoms with Gasteiger partial charge in [-0.1, -0.05) is 13.5 Å². The van der Waals surface area contributed by atoms with E-state index in [-0.39, 0.29) is 22.0 Å². The van der Waals surface area contributed by atoms with Crippen LogP contribution in [0, 0.1) is 0 Å². The van der Waals surface area contributed by atoms with Crippen LogP contribution in [0.1, 0.15) is 27.6 Å². The van der Waals surface area contributed by atoms with Gasteiger partial charge in [0.25, 0.3) is 5.91 Å². The van der Waals surface area contributed by atoms with Crippen LogP contribution < -0.4 is 21.3 Å². The van der Waals surface area contributed by atoms with Crippen molar-refractivity contribution in [3.63, 3.8) is 0 Å². The summed E-state index contributed by atoms with van der Waals surface area (Å²) in [5, 5.41) is 5.54. The van der Waals surface area contributed by atoms with Crippen LogP contribution in [0.25, 0.3) is 33.5 Å². The topological polar surface area (TPSA) is 155 Å². The van der Waals surface area contributed by atoms with Crippen LogP contribution in [0.15, 0.2) is 85.8 Å². The monoisotopic (exact) mass is 610 g/mol. The molecule has 0 aliphatic rings. The summed E-state index contributed by atoms with van der Waals surface area (Å²) in [7, 11) is 7.12. The lowest BCUT2D eigenvalue weighted by molar-refractivity contribution is 0.0827. The molecular weight excluding hydrogens is 568 g/mol. The van der Waals surface area contributed by atoms with Crippen molar-refractivity contribution >= 4 is 46.1 Å². The summed E-state index contributed by atoms with van der Waals surface area (Å²) in [6, 6.07) is 15.2. The Bertz CT molecular complexity index is 1780. The Hall–Kier alpha value is -5.91. The molecule has 0 aliphatic heterocycles. The fraction of sp³-hybridized carbons (Fsp3) is 0.182. The summed E-state index contributed by atoms with van der Waals surface area (Å²) < 4.78 is 0. The third kappa shape index (κ3) is 8.35. The van der Waals surface area contributed by atoms with E-state index in [4.69, 9.17) is 5.73 Å². The van der Waals surface area contributed by atoms with Crippen molar-refractivity contribution in [3.05, 3.63) is 91.4 Å². The maximum atomic E-state index is 12.5. The fourth-order valence-electron chi connectivity index (χ4n) is 3.98. The van der Waals surface area contributed by atoms with Crippen molar-refractivity contribution in [3.8, 4) is 22.5 Å². The Morgan fingerprint density at radius 1 is 0.822 bits per heavy atom. The number of nitrogens with one attached hydrogen (secondary N) is 2. The van der Waals surface area contributed by atoms with Crippen LogP contribution in [0.4, 0.5) is 27.9 Å². The lowest BCUT2D eigenvalue weighted by Gasteiger charge is -2.12. The van der Waals surface area contributed by atoms with Gasteiger partial charge >= 0.3 is 6.03 Å². The molecule has 5 aromatic rings. The number of allylic oxidation sites excluding steroid dienone is 1. The molecule has 0 radical (unpaired) electrons. The molecule has 0 unspecified atom stereocenters. The van der Waals surface area contributed by atoms with Gasteiger partial charge in [-0.2, -0.15) is 0 Å². The number of rotatable bonds is 6. The van der Waals surface area contributed by atoms with Crippen LogP contribution in [0.2, 0.25) is 0 Å². The summed E-state index contributed by atoms with van der Waals surface area (Å²) in [5.41, 5.74) is 11.3. The predicted octanol–water partition coefficient (Wildman–Crippen LogP) is 6.46. The number of benzene rings is 2. The second kappa shape index (κ2) is 15.0. The first-order valence-electron chi connectivity index (χ1n) is 13.6. The highest BCUT2D eigenvalue weighted by Gasteiger charge is 2.12. The number of pyridine rings is 1. The Morgan fingerprint density at radius 3 is 1.89 bits per heavy atom. The first kappa shape index (κ1) is 33.6. The van der Waals surface area contributed by atoms with Crippen molar-refractivity contribution in [2.45, 2.75) is 14.4 Å². The van der Waals surface area contributed by atoms with E-state index < -0.39 is 6.03 Å². The highest BCUT2D eigenvalue weighted by Crippen LogP contribution is 2.27. The zero-order valence-electron chi connectivity index (χ0n) is 25.2. The highest BCUT2D eigenvalue weighted by atomic mass is 16.2. The number of nitrogens with two attached hydrogens (primary N) is 1. The number of anilines is 4. The number of amides is 3. The lowest BCUT2D eigenvalue weighted by Crippen LogP contribution is -2.22. The molecule has 3 heterocycles. The van der Waals surface area contributed by atoms with Gasteiger partial charge in [0.05, 0.1) is 5.52 Å². The van der Waals surface area contributed by atoms with Gasteiger partial charge in [-0.3, -0.25) is 9.78 Å². The van der Waals surface area contributed by atoms with Crippen molar-refractivity contribution < 1.29 is 12.4 Å². The standard InChI is InChI=1S/C29H28N10O2.C3H6.CH4.2H2/c1-38(2)27(40)18-7-11-22(12-8-18)35-29(41)34-21-9-5-17(6-10-21)26-36-23-13-19(14-31-24(23)25(30)37-26)20-15-32-28(33-16-20)39(3)4;1-3-2;;;/h5-16H,1-4H3,(H2,30,36,37)(H2,34,35,41);3H,1H2,2H3;1H4;2*1H. The maximum absolute atomic E-state index is 12.5. The molecule has 236 valence electrons. The molecule has 12 heteroatoms. The Balaban J connectivity index is 0.00000177. The first-order valence-corrected chi connectivity index (χ1v) is 13.6. The lowest BCUT2D eigenvalue weighted by atomic mass is 10.1. The molecule has 4 N–H and O–H groups in total. The van der Waals surface area contributed by atoms with Crippen LogP contribution in [0.5, 0.6) is 0 Å². The Kier molecular flexibility index (Phi) is 11.2. The minimum absolute atomic E-state index is 0. The summed E-state index contributed by atoms with van der Waals surface area (Å²) in [6.07, 6.45) is 6.91. The average Bonchev–Trinajstić information content (AvgIpc) is 3.01. The van der Waals surface area contributed by atoms with Gasteiger partial charge < -0.3 is 26.2 Å². The molecule has 0 aliphatic carbocycles. The fourth-order valence-corrected chi connectivity index (χ4v) is 3.98. The van der Waals surface area contributed by atoms with Crippen molar-refractivity contribution in [2.24, 2.45) is 0 Å². The predicted molar refractivity (Wildman–Crippen MR) is 186 cm³/mol. The van der Waals surface area contributed by atoms with E-state index in [9.17, 15) is 9.59 Å². The molecule has 5 rings (SSSR count). The number of carbonyl (C=O) groups excluding carboxylic acids is 2. The Morgan fingerprint density at radius 2 is 1.36 bits per heavy atom. The highest BCUT2D eigenvalue weighted by molar-refractivity contribution is 6.00. The Labute approximate surface area is 266 Å². The van der Waals surface area contributed by atoms with E-state index in [0.717, 1.165) is 16.7 Å². The van der Waals surface area contributed by atoms with Crippen molar-refractivity contribution in [2.75, 3.05) is 49.5 Å². The number of fused-ring (bicyclic) bond motifs is 1. The van der Waals surface area contributed by atoms with E-state index in [1.54, 1.807) is 87.3 Å². The van der Waals surface area contributed by atoms with Gasteiger partial charge in [0, 0.05) is 83.3 Å². The summed E-state index contributed by atoms with van der Waals surface area (Å²) in [5.74, 6) is 1.19. The zero-order valence-corrected chi connectivity index (χ0v) is 25.2. The third-order valence-corrected chi connectivity index (χ3v) is 6.13. The molecule has 3 amide bonds. The molecule has 0 fully saturated rings. The van der Waals surface area contributed by atoms with E-state index in [1.807, 2.05) is 32.0 Å².